The van der Waals surface area contributed by atoms with E-state index in [0.29, 0.717) is 37.6 Å². The summed E-state index contributed by atoms with van der Waals surface area (Å²) in [7, 11) is 0. The number of hydrogen-bond acceptors (Lipinski definition) is 5. The van der Waals surface area contributed by atoms with Gasteiger partial charge in [-0.3, -0.25) is 4.79 Å². The van der Waals surface area contributed by atoms with Crippen molar-refractivity contribution in [3.05, 3.63) is 35.7 Å². The molecule has 1 saturated heterocycles. The number of oxazole rings is 1. The van der Waals surface area contributed by atoms with Gasteiger partial charge in [0, 0.05) is 24.5 Å². The maximum atomic E-state index is 12.5. The number of anilines is 1. The summed E-state index contributed by atoms with van der Waals surface area (Å²) in [6, 6.07) is 5.65. The molecule has 2 aromatic rings. The molecule has 1 aliphatic heterocycles. The SMILES string of the molecule is Cc1coc(-c2cc(NC(=O)C3(N)CCOCC3)ccc2C)n1. The molecule has 1 aromatic carbocycles. The van der Waals surface area contributed by atoms with Crippen LogP contribution in [0.4, 0.5) is 5.69 Å². The summed E-state index contributed by atoms with van der Waals surface area (Å²) >= 11 is 0. The van der Waals surface area contributed by atoms with E-state index in [0.717, 1.165) is 16.8 Å². The molecule has 0 spiro atoms. The third-order valence-corrected chi connectivity index (χ3v) is 4.18. The number of nitrogens with two attached hydrogens (primary N) is 1. The van der Waals surface area contributed by atoms with Gasteiger partial charge >= 0.3 is 0 Å². The highest BCUT2D eigenvalue weighted by atomic mass is 16.5. The smallest absolute Gasteiger partial charge is 0.244 e. The Labute approximate surface area is 135 Å². The number of nitrogens with one attached hydrogen (secondary N) is 1. The number of rotatable bonds is 3. The quantitative estimate of drug-likeness (QED) is 0.907. The molecule has 0 bridgehead atoms. The monoisotopic (exact) mass is 315 g/mol. The van der Waals surface area contributed by atoms with Gasteiger partial charge in [0.1, 0.15) is 11.8 Å². The first-order valence-electron chi connectivity index (χ1n) is 7.69. The third-order valence-electron chi connectivity index (χ3n) is 4.18. The van der Waals surface area contributed by atoms with E-state index >= 15 is 0 Å². The van der Waals surface area contributed by atoms with E-state index in [1.165, 1.54) is 0 Å². The van der Waals surface area contributed by atoms with Crippen molar-refractivity contribution in [2.24, 2.45) is 5.73 Å². The fraction of sp³-hybridized carbons (Fsp3) is 0.412. The van der Waals surface area contributed by atoms with Crippen molar-refractivity contribution in [1.82, 2.24) is 4.98 Å². The number of benzene rings is 1. The van der Waals surface area contributed by atoms with Crippen LogP contribution < -0.4 is 11.1 Å². The summed E-state index contributed by atoms with van der Waals surface area (Å²) in [5.74, 6) is 0.365. The highest BCUT2D eigenvalue weighted by Gasteiger charge is 2.35. The fourth-order valence-electron chi connectivity index (χ4n) is 2.63. The topological polar surface area (TPSA) is 90.4 Å². The summed E-state index contributed by atoms with van der Waals surface area (Å²) in [6.07, 6.45) is 2.66. The molecule has 6 heteroatoms. The highest BCUT2D eigenvalue weighted by Crippen LogP contribution is 2.27. The minimum atomic E-state index is -0.872. The molecule has 2 heterocycles. The number of ether oxygens (including phenoxy) is 1. The number of carbonyl (C=O) groups excluding carboxylic acids is 1. The summed E-state index contributed by atoms with van der Waals surface area (Å²) in [5, 5.41) is 2.91. The Balaban J connectivity index is 1.82. The summed E-state index contributed by atoms with van der Waals surface area (Å²) in [4.78, 5) is 16.8. The van der Waals surface area contributed by atoms with Gasteiger partial charge in [-0.05, 0) is 44.4 Å². The van der Waals surface area contributed by atoms with Gasteiger partial charge in [-0.2, -0.15) is 0 Å². The molecule has 0 atom stereocenters. The first kappa shape index (κ1) is 15.7. The van der Waals surface area contributed by atoms with Crippen LogP contribution >= 0.6 is 0 Å². The molecule has 3 rings (SSSR count). The van der Waals surface area contributed by atoms with E-state index in [1.54, 1.807) is 6.26 Å². The zero-order valence-corrected chi connectivity index (χ0v) is 13.4. The van der Waals surface area contributed by atoms with Crippen molar-refractivity contribution in [1.29, 1.82) is 0 Å². The minimum Gasteiger partial charge on any atom is -0.444 e. The van der Waals surface area contributed by atoms with Crippen LogP contribution in [0.25, 0.3) is 11.5 Å². The Morgan fingerprint density at radius 2 is 2.04 bits per heavy atom. The molecule has 1 aromatic heterocycles. The number of aryl methyl sites for hydroxylation is 2. The van der Waals surface area contributed by atoms with Gasteiger partial charge in [0.25, 0.3) is 0 Å². The van der Waals surface area contributed by atoms with Crippen molar-refractivity contribution >= 4 is 11.6 Å². The van der Waals surface area contributed by atoms with Gasteiger partial charge in [0.05, 0.1) is 5.69 Å². The maximum Gasteiger partial charge on any atom is 0.244 e. The molecule has 1 amide bonds. The minimum absolute atomic E-state index is 0.181. The first-order chi connectivity index (χ1) is 11.0. The van der Waals surface area contributed by atoms with Crippen molar-refractivity contribution in [3.8, 4) is 11.5 Å². The van der Waals surface area contributed by atoms with Crippen molar-refractivity contribution < 1.29 is 13.9 Å². The van der Waals surface area contributed by atoms with Gasteiger partial charge in [0.2, 0.25) is 11.8 Å². The van der Waals surface area contributed by atoms with Crippen LogP contribution in [0.2, 0.25) is 0 Å². The zero-order valence-electron chi connectivity index (χ0n) is 13.4. The van der Waals surface area contributed by atoms with E-state index in [1.807, 2.05) is 32.0 Å². The number of hydrogen-bond donors (Lipinski definition) is 2. The Morgan fingerprint density at radius 3 is 2.70 bits per heavy atom. The molecule has 0 radical (unpaired) electrons. The maximum absolute atomic E-state index is 12.5. The molecule has 23 heavy (non-hydrogen) atoms. The average Bonchev–Trinajstić information content (AvgIpc) is 2.96. The lowest BCUT2D eigenvalue weighted by atomic mass is 9.90. The second kappa shape index (κ2) is 6.14. The van der Waals surface area contributed by atoms with Crippen LogP contribution in [0.3, 0.4) is 0 Å². The molecule has 1 aliphatic rings. The second-order valence-electron chi connectivity index (χ2n) is 6.05. The number of nitrogens with zero attached hydrogens (tertiary/aromatic N) is 1. The number of aromatic nitrogens is 1. The van der Waals surface area contributed by atoms with E-state index in [-0.39, 0.29) is 5.91 Å². The lowest BCUT2D eigenvalue weighted by Gasteiger charge is -2.31. The molecular formula is C17H21N3O3. The molecule has 122 valence electrons. The summed E-state index contributed by atoms with van der Waals surface area (Å²) < 4.78 is 10.7. The molecule has 0 aliphatic carbocycles. The Hall–Kier alpha value is -2.18. The fourth-order valence-corrected chi connectivity index (χ4v) is 2.63. The number of amides is 1. The van der Waals surface area contributed by atoms with Crippen LogP contribution in [0.5, 0.6) is 0 Å². The van der Waals surface area contributed by atoms with E-state index in [9.17, 15) is 4.79 Å². The van der Waals surface area contributed by atoms with Gasteiger partial charge in [-0.25, -0.2) is 4.98 Å². The summed E-state index contributed by atoms with van der Waals surface area (Å²) in [5.41, 5.74) is 8.72. The van der Waals surface area contributed by atoms with Crippen LogP contribution in [0.1, 0.15) is 24.1 Å². The van der Waals surface area contributed by atoms with E-state index in [2.05, 4.69) is 10.3 Å². The predicted molar refractivity (Wildman–Crippen MR) is 87.0 cm³/mol. The zero-order chi connectivity index (χ0) is 16.4. The third kappa shape index (κ3) is 3.28. The van der Waals surface area contributed by atoms with Crippen LogP contribution in [0, 0.1) is 13.8 Å². The predicted octanol–water partition coefficient (Wildman–Crippen LogP) is 2.40. The standard InChI is InChI=1S/C17H21N3O3/c1-11-3-4-13(9-14(11)15-19-12(2)10-23-15)20-16(21)17(18)5-7-22-8-6-17/h3-4,9-10H,5-8,18H2,1-2H3,(H,20,21). The second-order valence-corrected chi connectivity index (χ2v) is 6.05. The molecule has 1 fully saturated rings. The van der Waals surface area contributed by atoms with E-state index in [4.69, 9.17) is 14.9 Å². The van der Waals surface area contributed by atoms with Crippen molar-refractivity contribution in [3.63, 3.8) is 0 Å². The Morgan fingerprint density at radius 1 is 1.30 bits per heavy atom. The average molecular weight is 315 g/mol. The van der Waals surface area contributed by atoms with Gasteiger partial charge < -0.3 is 20.2 Å². The van der Waals surface area contributed by atoms with Crippen molar-refractivity contribution in [2.45, 2.75) is 32.2 Å². The largest absolute Gasteiger partial charge is 0.444 e. The Kier molecular flexibility index (Phi) is 4.19. The highest BCUT2D eigenvalue weighted by molar-refractivity contribution is 5.98. The summed E-state index contributed by atoms with van der Waals surface area (Å²) in [6.45, 7) is 4.87. The lowest BCUT2D eigenvalue weighted by molar-refractivity contribution is -0.124. The number of carbonyl (C=O) groups is 1. The van der Waals surface area contributed by atoms with Crippen LogP contribution in [0.15, 0.2) is 28.9 Å². The van der Waals surface area contributed by atoms with Gasteiger partial charge in [-0.15, -0.1) is 0 Å². The molecule has 0 unspecified atom stereocenters. The molecule has 0 saturated carbocycles. The van der Waals surface area contributed by atoms with Gasteiger partial charge in [0.15, 0.2) is 0 Å². The first-order valence-corrected chi connectivity index (χ1v) is 7.69. The Bertz CT molecular complexity index is 718. The van der Waals surface area contributed by atoms with Crippen molar-refractivity contribution in [2.75, 3.05) is 18.5 Å². The van der Waals surface area contributed by atoms with E-state index < -0.39 is 5.54 Å². The van der Waals surface area contributed by atoms with Crippen LogP contribution in [-0.2, 0) is 9.53 Å². The molecular weight excluding hydrogens is 294 g/mol. The van der Waals surface area contributed by atoms with Crippen LogP contribution in [-0.4, -0.2) is 29.6 Å². The van der Waals surface area contributed by atoms with Gasteiger partial charge in [-0.1, -0.05) is 6.07 Å². The molecule has 3 N–H and O–H groups in total. The molecule has 6 nitrogen and oxygen atoms in total. The lowest BCUT2D eigenvalue weighted by Crippen LogP contribution is -2.54. The normalized spacial score (nSPS) is 17.0.